The van der Waals surface area contributed by atoms with E-state index in [-0.39, 0.29) is 18.0 Å². The molecule has 1 N–H and O–H groups in total. The van der Waals surface area contributed by atoms with E-state index in [2.05, 4.69) is 0 Å². The number of aliphatic carboxylic acids is 1. The Morgan fingerprint density at radius 2 is 1.94 bits per heavy atom. The van der Waals surface area contributed by atoms with E-state index in [0.717, 1.165) is 19.3 Å². The molecule has 2 amide bonds. The van der Waals surface area contributed by atoms with E-state index in [4.69, 9.17) is 0 Å². The molecule has 0 aromatic heterocycles. The summed E-state index contributed by atoms with van der Waals surface area (Å²) in [6.45, 7) is 6.52. The zero-order chi connectivity index (χ0) is 13.9. The first-order valence-electron chi connectivity index (χ1n) is 6.70. The predicted molar refractivity (Wildman–Crippen MR) is 69.4 cm³/mol. The van der Waals surface area contributed by atoms with Crippen molar-refractivity contribution in [3.8, 4) is 0 Å². The van der Waals surface area contributed by atoms with Gasteiger partial charge in [0.1, 0.15) is 6.04 Å². The topological polar surface area (TPSA) is 60.9 Å². The van der Waals surface area contributed by atoms with Crippen molar-refractivity contribution in [1.82, 2.24) is 9.80 Å². The number of carboxylic acids is 1. The molecule has 104 valence electrons. The van der Waals surface area contributed by atoms with Gasteiger partial charge in [-0.2, -0.15) is 0 Å². The van der Waals surface area contributed by atoms with Crippen molar-refractivity contribution >= 4 is 12.0 Å². The van der Waals surface area contributed by atoms with Crippen LogP contribution >= 0.6 is 0 Å². The number of rotatable bonds is 4. The summed E-state index contributed by atoms with van der Waals surface area (Å²) in [4.78, 5) is 26.8. The summed E-state index contributed by atoms with van der Waals surface area (Å²) >= 11 is 0. The molecule has 2 unspecified atom stereocenters. The molecule has 1 saturated heterocycles. The Kier molecular flexibility index (Phi) is 4.99. The maximum atomic E-state index is 12.4. The molecule has 0 radical (unpaired) electrons. The van der Waals surface area contributed by atoms with Crippen LogP contribution in [-0.2, 0) is 4.79 Å². The van der Waals surface area contributed by atoms with Gasteiger partial charge in [0.2, 0.25) is 0 Å². The Bertz CT molecular complexity index is 315. The third-order valence-corrected chi connectivity index (χ3v) is 3.99. The SMILES string of the molecule is CCC(CC)N(C)C(=O)N1CCC(C)C1C(=O)O. The highest BCUT2D eigenvalue weighted by atomic mass is 16.4. The zero-order valence-electron chi connectivity index (χ0n) is 11.7. The van der Waals surface area contributed by atoms with E-state index in [1.165, 1.54) is 4.90 Å². The Hall–Kier alpha value is -1.26. The van der Waals surface area contributed by atoms with Crippen molar-refractivity contribution in [1.29, 1.82) is 0 Å². The highest BCUT2D eigenvalue weighted by molar-refractivity contribution is 5.83. The molecule has 2 atom stereocenters. The lowest BCUT2D eigenvalue weighted by molar-refractivity contribution is -0.142. The van der Waals surface area contributed by atoms with E-state index in [1.54, 1.807) is 11.9 Å². The number of likely N-dealkylation sites (tertiary alicyclic amines) is 1. The first kappa shape index (κ1) is 14.8. The Morgan fingerprint density at radius 1 is 1.39 bits per heavy atom. The molecule has 5 nitrogen and oxygen atoms in total. The minimum Gasteiger partial charge on any atom is -0.480 e. The third kappa shape index (κ3) is 2.76. The largest absolute Gasteiger partial charge is 0.480 e. The average molecular weight is 256 g/mol. The summed E-state index contributed by atoms with van der Waals surface area (Å²) in [5.41, 5.74) is 0. The number of urea groups is 1. The molecular weight excluding hydrogens is 232 g/mol. The van der Waals surface area contributed by atoms with Crippen LogP contribution in [0.4, 0.5) is 4.79 Å². The third-order valence-electron chi connectivity index (χ3n) is 3.99. The fraction of sp³-hybridized carbons (Fsp3) is 0.846. The van der Waals surface area contributed by atoms with Gasteiger partial charge in [-0.25, -0.2) is 9.59 Å². The monoisotopic (exact) mass is 256 g/mol. The lowest BCUT2D eigenvalue weighted by atomic mass is 10.0. The molecule has 1 aliphatic heterocycles. The van der Waals surface area contributed by atoms with Gasteiger partial charge in [0.15, 0.2) is 0 Å². The number of carbonyl (C=O) groups is 2. The number of hydrogen-bond acceptors (Lipinski definition) is 2. The molecular formula is C13H24N2O3. The second-order valence-corrected chi connectivity index (χ2v) is 5.11. The summed E-state index contributed by atoms with van der Waals surface area (Å²) in [6, 6.07) is -0.641. The van der Waals surface area contributed by atoms with Crippen LogP contribution in [0.15, 0.2) is 0 Å². The van der Waals surface area contributed by atoms with Crippen LogP contribution in [0.3, 0.4) is 0 Å². The van der Waals surface area contributed by atoms with Gasteiger partial charge in [0.25, 0.3) is 0 Å². The molecule has 0 aliphatic carbocycles. The summed E-state index contributed by atoms with van der Waals surface area (Å²) in [5, 5.41) is 9.23. The molecule has 1 rings (SSSR count). The second kappa shape index (κ2) is 6.07. The summed E-state index contributed by atoms with van der Waals surface area (Å²) in [5.74, 6) is -0.868. The van der Waals surface area contributed by atoms with Gasteiger partial charge < -0.3 is 14.9 Å². The normalized spacial score (nSPS) is 23.5. The minimum atomic E-state index is -0.897. The Labute approximate surface area is 109 Å². The Morgan fingerprint density at radius 3 is 2.39 bits per heavy atom. The van der Waals surface area contributed by atoms with Crippen molar-refractivity contribution < 1.29 is 14.7 Å². The predicted octanol–water partition coefficient (Wildman–Crippen LogP) is 2.02. The van der Waals surface area contributed by atoms with Gasteiger partial charge in [0, 0.05) is 19.6 Å². The van der Waals surface area contributed by atoms with Crippen molar-refractivity contribution in [3.63, 3.8) is 0 Å². The van der Waals surface area contributed by atoms with Gasteiger partial charge in [0.05, 0.1) is 0 Å². The first-order valence-corrected chi connectivity index (χ1v) is 6.70. The number of hydrogen-bond donors (Lipinski definition) is 1. The number of nitrogens with zero attached hydrogens (tertiary/aromatic N) is 2. The quantitative estimate of drug-likeness (QED) is 0.837. The van der Waals surface area contributed by atoms with E-state index in [0.29, 0.717) is 6.54 Å². The van der Waals surface area contributed by atoms with Gasteiger partial charge in [-0.05, 0) is 25.2 Å². The van der Waals surface area contributed by atoms with Gasteiger partial charge in [-0.1, -0.05) is 20.8 Å². The molecule has 0 saturated carbocycles. The smallest absolute Gasteiger partial charge is 0.326 e. The molecule has 0 bridgehead atoms. The fourth-order valence-electron chi connectivity index (χ4n) is 2.73. The Balaban J connectivity index is 2.80. The number of amides is 2. The lowest BCUT2D eigenvalue weighted by Crippen LogP contribution is -2.50. The first-order chi connectivity index (χ1) is 8.43. The molecule has 1 fully saturated rings. The molecule has 0 aromatic rings. The van der Waals surface area contributed by atoms with E-state index in [9.17, 15) is 14.7 Å². The molecule has 0 spiro atoms. The van der Waals surface area contributed by atoms with Crippen molar-refractivity contribution in [2.75, 3.05) is 13.6 Å². The van der Waals surface area contributed by atoms with Gasteiger partial charge in [-0.15, -0.1) is 0 Å². The van der Waals surface area contributed by atoms with E-state index < -0.39 is 12.0 Å². The van der Waals surface area contributed by atoms with Crippen LogP contribution in [0.1, 0.15) is 40.0 Å². The molecule has 1 aliphatic rings. The molecule has 0 aromatic carbocycles. The highest BCUT2D eigenvalue weighted by Crippen LogP contribution is 2.26. The van der Waals surface area contributed by atoms with Crippen LogP contribution in [-0.4, -0.2) is 52.6 Å². The van der Waals surface area contributed by atoms with Crippen molar-refractivity contribution in [2.24, 2.45) is 5.92 Å². The van der Waals surface area contributed by atoms with Crippen LogP contribution in [0, 0.1) is 5.92 Å². The van der Waals surface area contributed by atoms with Crippen LogP contribution in [0.25, 0.3) is 0 Å². The molecule has 18 heavy (non-hydrogen) atoms. The molecule has 5 heteroatoms. The van der Waals surface area contributed by atoms with E-state index in [1.807, 2.05) is 20.8 Å². The van der Waals surface area contributed by atoms with Crippen LogP contribution in [0.2, 0.25) is 0 Å². The number of carbonyl (C=O) groups excluding carboxylic acids is 1. The summed E-state index contributed by atoms with van der Waals surface area (Å²) in [6.07, 6.45) is 2.54. The number of carboxylic acid groups (broad SMARTS) is 1. The minimum absolute atomic E-state index is 0.0292. The van der Waals surface area contributed by atoms with Crippen molar-refractivity contribution in [2.45, 2.75) is 52.1 Å². The standard InChI is InChI=1S/C13H24N2O3/c1-5-10(6-2)14(4)13(18)15-8-7-9(3)11(15)12(16)17/h9-11H,5-8H2,1-4H3,(H,16,17). The summed E-state index contributed by atoms with van der Waals surface area (Å²) in [7, 11) is 1.77. The van der Waals surface area contributed by atoms with Gasteiger partial charge in [-0.3, -0.25) is 0 Å². The average Bonchev–Trinajstić information content (AvgIpc) is 2.71. The maximum absolute atomic E-state index is 12.4. The molecule has 1 heterocycles. The van der Waals surface area contributed by atoms with E-state index >= 15 is 0 Å². The van der Waals surface area contributed by atoms with Gasteiger partial charge >= 0.3 is 12.0 Å². The highest BCUT2D eigenvalue weighted by Gasteiger charge is 2.41. The van der Waals surface area contributed by atoms with Crippen LogP contribution < -0.4 is 0 Å². The zero-order valence-corrected chi connectivity index (χ0v) is 11.7. The maximum Gasteiger partial charge on any atom is 0.326 e. The summed E-state index contributed by atoms with van der Waals surface area (Å²) < 4.78 is 0. The lowest BCUT2D eigenvalue weighted by Gasteiger charge is -2.33. The van der Waals surface area contributed by atoms with Crippen molar-refractivity contribution in [3.05, 3.63) is 0 Å². The van der Waals surface area contributed by atoms with Crippen LogP contribution in [0.5, 0.6) is 0 Å². The fourth-order valence-corrected chi connectivity index (χ4v) is 2.73. The second-order valence-electron chi connectivity index (χ2n) is 5.11.